The Morgan fingerprint density at radius 3 is 2.23 bits per heavy atom. The van der Waals surface area contributed by atoms with Gasteiger partial charge in [-0.3, -0.25) is 0 Å². The standard InChI is InChI=1S/C19H36N2O3SSi/c1-10-23-17-12-11-15(13-20-17)16(21-25(22)18(2,3)4)14-24-26(8,9)19(5,6)7/h11-13,16,21H,10,14H2,1-9H3/t16-,25?/m0/s1. The zero-order valence-corrected chi connectivity index (χ0v) is 19.6. The van der Waals surface area contributed by atoms with Gasteiger partial charge in [-0.15, -0.1) is 0 Å². The molecule has 0 aromatic carbocycles. The number of rotatable bonds is 8. The molecule has 2 atom stereocenters. The largest absolute Gasteiger partial charge is 0.478 e. The van der Waals surface area contributed by atoms with Crippen LogP contribution in [0.4, 0.5) is 0 Å². The molecule has 0 bridgehead atoms. The van der Waals surface area contributed by atoms with E-state index in [1.807, 2.05) is 39.8 Å². The smallest absolute Gasteiger partial charge is 0.213 e. The molecular weight excluding hydrogens is 364 g/mol. The molecule has 1 rings (SSSR count). The van der Waals surface area contributed by atoms with E-state index in [-0.39, 0.29) is 15.8 Å². The first-order valence-corrected chi connectivity index (χ1v) is 13.2. The lowest BCUT2D eigenvalue weighted by molar-refractivity contribution is 0.257. The van der Waals surface area contributed by atoms with Gasteiger partial charge in [-0.25, -0.2) is 13.9 Å². The predicted molar refractivity (Wildman–Crippen MR) is 112 cm³/mol. The fourth-order valence-corrected chi connectivity index (χ4v) is 3.68. The van der Waals surface area contributed by atoms with Crippen LogP contribution in [0.3, 0.4) is 0 Å². The molecular formula is C19H36N2O3SSi. The predicted octanol–water partition coefficient (Wildman–Crippen LogP) is 4.60. The molecule has 0 aliphatic heterocycles. The Bertz CT molecular complexity index is 592. The maximum Gasteiger partial charge on any atom is 0.213 e. The van der Waals surface area contributed by atoms with Gasteiger partial charge in [-0.2, -0.15) is 0 Å². The van der Waals surface area contributed by atoms with Crippen LogP contribution in [0.15, 0.2) is 18.3 Å². The highest BCUT2D eigenvalue weighted by Crippen LogP contribution is 2.37. The van der Waals surface area contributed by atoms with Crippen LogP contribution in [-0.4, -0.2) is 35.5 Å². The summed E-state index contributed by atoms with van der Waals surface area (Å²) in [5, 5.41) is 0.123. The molecule has 1 unspecified atom stereocenters. The van der Waals surface area contributed by atoms with Crippen molar-refractivity contribution in [2.75, 3.05) is 13.2 Å². The Hall–Kier alpha value is -0.763. The number of hydrogen-bond acceptors (Lipinski definition) is 4. The van der Waals surface area contributed by atoms with Crippen molar-refractivity contribution < 1.29 is 13.4 Å². The van der Waals surface area contributed by atoms with E-state index in [0.717, 1.165) is 5.56 Å². The molecule has 0 radical (unpaired) electrons. The maximum absolute atomic E-state index is 12.6. The first-order valence-electron chi connectivity index (χ1n) is 9.18. The summed E-state index contributed by atoms with van der Waals surface area (Å²) >= 11 is 0. The summed E-state index contributed by atoms with van der Waals surface area (Å²) in [6, 6.07) is 3.62. The lowest BCUT2D eigenvalue weighted by Crippen LogP contribution is -2.44. The third kappa shape index (κ3) is 6.76. The van der Waals surface area contributed by atoms with Gasteiger partial charge in [0.25, 0.3) is 0 Å². The summed E-state index contributed by atoms with van der Waals surface area (Å²) in [6.07, 6.45) is 1.78. The van der Waals surface area contributed by atoms with Gasteiger partial charge >= 0.3 is 0 Å². The SMILES string of the molecule is CCOc1ccc([C@H](CO[Si](C)(C)C(C)(C)C)NS(=O)C(C)(C)C)cn1. The zero-order chi connectivity index (χ0) is 20.2. The topological polar surface area (TPSA) is 60.5 Å². The normalized spacial score (nSPS) is 15.6. The first kappa shape index (κ1) is 23.3. The van der Waals surface area contributed by atoms with Crippen molar-refractivity contribution in [2.24, 2.45) is 0 Å². The highest BCUT2D eigenvalue weighted by Gasteiger charge is 2.38. The van der Waals surface area contributed by atoms with Crippen LogP contribution in [0.25, 0.3) is 0 Å². The van der Waals surface area contributed by atoms with E-state index in [9.17, 15) is 4.21 Å². The molecule has 1 aromatic heterocycles. The average Bonchev–Trinajstić information content (AvgIpc) is 2.50. The molecule has 1 heterocycles. The summed E-state index contributed by atoms with van der Waals surface area (Å²) in [7, 11) is -3.10. The van der Waals surface area contributed by atoms with Crippen molar-refractivity contribution in [3.05, 3.63) is 23.9 Å². The Morgan fingerprint density at radius 1 is 1.19 bits per heavy atom. The molecule has 0 aliphatic carbocycles. The molecule has 26 heavy (non-hydrogen) atoms. The zero-order valence-electron chi connectivity index (χ0n) is 17.8. The van der Waals surface area contributed by atoms with Gasteiger partial charge in [-0.05, 0) is 51.4 Å². The average molecular weight is 401 g/mol. The summed E-state index contributed by atoms with van der Waals surface area (Å²) < 4.78 is 27.3. The molecule has 7 heteroatoms. The van der Waals surface area contributed by atoms with E-state index in [1.165, 1.54) is 0 Å². The second-order valence-corrected chi connectivity index (χ2v) is 15.8. The minimum atomic E-state index is -1.91. The number of ether oxygens (including phenoxy) is 1. The third-order valence-electron chi connectivity index (χ3n) is 4.68. The van der Waals surface area contributed by atoms with Gasteiger partial charge in [0.15, 0.2) is 8.32 Å². The van der Waals surface area contributed by atoms with E-state index in [0.29, 0.717) is 19.1 Å². The Labute approximate surface area is 163 Å². The van der Waals surface area contributed by atoms with Crippen LogP contribution in [0.1, 0.15) is 60.1 Å². The maximum atomic E-state index is 12.6. The van der Waals surface area contributed by atoms with Gasteiger partial charge in [0.1, 0.15) is 0 Å². The van der Waals surface area contributed by atoms with E-state index in [4.69, 9.17) is 9.16 Å². The summed E-state index contributed by atoms with van der Waals surface area (Å²) in [6.45, 7) is 19.9. The van der Waals surface area contributed by atoms with Gasteiger partial charge in [0, 0.05) is 12.3 Å². The minimum absolute atomic E-state index is 0.123. The lowest BCUT2D eigenvalue weighted by Gasteiger charge is -2.37. The monoisotopic (exact) mass is 400 g/mol. The van der Waals surface area contributed by atoms with Crippen molar-refractivity contribution in [3.63, 3.8) is 0 Å². The number of aromatic nitrogens is 1. The number of pyridine rings is 1. The van der Waals surface area contributed by atoms with Gasteiger partial charge in [-0.1, -0.05) is 26.8 Å². The van der Waals surface area contributed by atoms with E-state index < -0.39 is 19.3 Å². The molecule has 0 amide bonds. The summed E-state index contributed by atoms with van der Waals surface area (Å²) in [4.78, 5) is 4.35. The molecule has 1 N–H and O–H groups in total. The number of nitrogens with one attached hydrogen (secondary N) is 1. The molecule has 0 saturated heterocycles. The number of nitrogens with zero attached hydrogens (tertiary/aromatic N) is 1. The fourth-order valence-electron chi connectivity index (χ4n) is 1.84. The van der Waals surface area contributed by atoms with Crippen LogP contribution in [0, 0.1) is 0 Å². The quantitative estimate of drug-likeness (QED) is 0.648. The van der Waals surface area contributed by atoms with Crippen LogP contribution in [0.5, 0.6) is 5.88 Å². The van der Waals surface area contributed by atoms with Crippen LogP contribution < -0.4 is 9.46 Å². The molecule has 0 aliphatic rings. The lowest BCUT2D eigenvalue weighted by atomic mass is 10.1. The first-order chi connectivity index (χ1) is 11.8. The van der Waals surface area contributed by atoms with Crippen LogP contribution >= 0.6 is 0 Å². The van der Waals surface area contributed by atoms with E-state index in [2.05, 4.69) is 43.6 Å². The van der Waals surface area contributed by atoms with Crippen LogP contribution in [0.2, 0.25) is 18.1 Å². The third-order valence-corrected chi connectivity index (χ3v) is 10.8. The summed E-state index contributed by atoms with van der Waals surface area (Å²) in [5.74, 6) is 0.595. The molecule has 0 fully saturated rings. The highest BCUT2D eigenvalue weighted by molar-refractivity contribution is 7.84. The molecule has 1 aromatic rings. The fraction of sp³-hybridized carbons (Fsp3) is 0.737. The second-order valence-electron chi connectivity index (χ2n) is 8.99. The number of hydrogen-bond donors (Lipinski definition) is 1. The van der Waals surface area contributed by atoms with E-state index in [1.54, 1.807) is 6.20 Å². The van der Waals surface area contributed by atoms with E-state index >= 15 is 0 Å². The molecule has 0 spiro atoms. The van der Waals surface area contributed by atoms with Crippen molar-refractivity contribution in [1.82, 2.24) is 9.71 Å². The summed E-state index contributed by atoms with van der Waals surface area (Å²) in [5.41, 5.74) is 0.949. The van der Waals surface area contributed by atoms with Crippen molar-refractivity contribution in [2.45, 2.75) is 77.4 Å². The van der Waals surface area contributed by atoms with Crippen LogP contribution in [-0.2, 0) is 15.4 Å². The molecule has 0 saturated carbocycles. The van der Waals surface area contributed by atoms with Gasteiger partial charge in [0.05, 0.1) is 35.0 Å². The Balaban J connectivity index is 3.00. The molecule has 150 valence electrons. The highest BCUT2D eigenvalue weighted by atomic mass is 32.2. The van der Waals surface area contributed by atoms with Crippen molar-refractivity contribution in [3.8, 4) is 5.88 Å². The molecule has 5 nitrogen and oxygen atoms in total. The Morgan fingerprint density at radius 2 is 1.81 bits per heavy atom. The van der Waals surface area contributed by atoms with Gasteiger partial charge < -0.3 is 9.16 Å². The van der Waals surface area contributed by atoms with Gasteiger partial charge in [0.2, 0.25) is 5.88 Å². The van der Waals surface area contributed by atoms with Crippen molar-refractivity contribution >= 4 is 19.3 Å². The minimum Gasteiger partial charge on any atom is -0.478 e. The van der Waals surface area contributed by atoms with Crippen molar-refractivity contribution in [1.29, 1.82) is 0 Å². The second kappa shape index (κ2) is 8.95. The Kier molecular flexibility index (Phi) is 8.01.